The van der Waals surface area contributed by atoms with Crippen LogP contribution in [0, 0.1) is 5.92 Å². The summed E-state index contributed by atoms with van der Waals surface area (Å²) < 4.78 is 4.61. The van der Waals surface area contributed by atoms with Crippen molar-refractivity contribution in [3.63, 3.8) is 0 Å². The van der Waals surface area contributed by atoms with Gasteiger partial charge in [0.2, 0.25) is 0 Å². The van der Waals surface area contributed by atoms with Crippen LogP contribution in [0.4, 0.5) is 4.79 Å². The molecule has 1 heterocycles. The number of amides is 3. The van der Waals surface area contributed by atoms with E-state index in [9.17, 15) is 14.4 Å². The van der Waals surface area contributed by atoms with Crippen molar-refractivity contribution in [2.75, 3.05) is 26.7 Å². The van der Waals surface area contributed by atoms with E-state index < -0.39 is 11.8 Å². The molecule has 17 heavy (non-hydrogen) atoms. The first-order valence-electron chi connectivity index (χ1n) is 5.45. The number of hydrogen-bond acceptors (Lipinski definition) is 4. The van der Waals surface area contributed by atoms with Gasteiger partial charge < -0.3 is 20.7 Å². The van der Waals surface area contributed by atoms with E-state index in [-0.39, 0.29) is 12.0 Å². The number of piperidine rings is 1. The molecule has 0 aromatic carbocycles. The first-order chi connectivity index (χ1) is 8.04. The predicted molar refractivity (Wildman–Crippen MR) is 58.9 cm³/mol. The minimum Gasteiger partial charge on any atom is -0.453 e. The van der Waals surface area contributed by atoms with Crippen molar-refractivity contribution in [2.45, 2.75) is 12.8 Å². The Morgan fingerprint density at radius 3 is 2.41 bits per heavy atom. The molecule has 0 spiro atoms. The molecule has 0 radical (unpaired) electrons. The van der Waals surface area contributed by atoms with Crippen molar-refractivity contribution in [3.8, 4) is 0 Å². The van der Waals surface area contributed by atoms with E-state index in [1.165, 1.54) is 7.11 Å². The van der Waals surface area contributed by atoms with Crippen LogP contribution in [0.25, 0.3) is 0 Å². The average molecular weight is 243 g/mol. The second kappa shape index (κ2) is 6.07. The Hall–Kier alpha value is -1.79. The standard InChI is InChI=1S/C10H17N3O4/c1-17-10(16)13-4-2-7(3-5-13)6-12-9(15)8(11)14/h7H,2-6H2,1H3,(H2,11,14)(H,12,15). The fourth-order valence-corrected chi connectivity index (χ4v) is 1.77. The second-order valence-electron chi connectivity index (χ2n) is 3.97. The zero-order valence-corrected chi connectivity index (χ0v) is 9.77. The lowest BCUT2D eigenvalue weighted by molar-refractivity contribution is -0.137. The fraction of sp³-hybridized carbons (Fsp3) is 0.700. The molecule has 96 valence electrons. The average Bonchev–Trinajstić information content (AvgIpc) is 2.35. The number of likely N-dealkylation sites (tertiary alicyclic amines) is 1. The third-order valence-electron chi connectivity index (χ3n) is 2.82. The molecule has 0 atom stereocenters. The SMILES string of the molecule is COC(=O)N1CCC(CNC(=O)C(N)=O)CC1. The Bertz CT molecular complexity index is 311. The number of rotatable bonds is 2. The Morgan fingerprint density at radius 2 is 1.94 bits per heavy atom. The van der Waals surface area contributed by atoms with Gasteiger partial charge in [0.1, 0.15) is 0 Å². The Morgan fingerprint density at radius 1 is 1.35 bits per heavy atom. The minimum absolute atomic E-state index is 0.263. The van der Waals surface area contributed by atoms with Crippen LogP contribution in [-0.4, -0.2) is 49.6 Å². The highest BCUT2D eigenvalue weighted by Crippen LogP contribution is 2.16. The molecule has 0 saturated carbocycles. The van der Waals surface area contributed by atoms with Gasteiger partial charge in [-0.3, -0.25) is 9.59 Å². The molecular weight excluding hydrogens is 226 g/mol. The monoisotopic (exact) mass is 243 g/mol. The Kier molecular flexibility index (Phi) is 4.74. The van der Waals surface area contributed by atoms with E-state index in [0.29, 0.717) is 19.6 Å². The van der Waals surface area contributed by atoms with Gasteiger partial charge in [-0.2, -0.15) is 0 Å². The third kappa shape index (κ3) is 3.93. The second-order valence-corrected chi connectivity index (χ2v) is 3.97. The van der Waals surface area contributed by atoms with E-state index in [1.54, 1.807) is 4.90 Å². The molecule has 0 aromatic rings. The molecule has 0 aliphatic carbocycles. The molecule has 0 unspecified atom stereocenters. The minimum atomic E-state index is -0.975. The van der Waals surface area contributed by atoms with Crippen molar-refractivity contribution < 1.29 is 19.1 Å². The van der Waals surface area contributed by atoms with E-state index in [4.69, 9.17) is 5.73 Å². The van der Waals surface area contributed by atoms with E-state index in [2.05, 4.69) is 10.1 Å². The Balaban J connectivity index is 2.26. The maximum atomic E-state index is 11.2. The number of nitrogens with zero attached hydrogens (tertiary/aromatic N) is 1. The molecule has 1 aliphatic heterocycles. The molecule has 1 saturated heterocycles. The van der Waals surface area contributed by atoms with E-state index in [0.717, 1.165) is 12.8 Å². The number of carbonyl (C=O) groups is 3. The highest BCUT2D eigenvalue weighted by atomic mass is 16.5. The molecule has 1 rings (SSSR count). The maximum Gasteiger partial charge on any atom is 0.409 e. The van der Waals surface area contributed by atoms with Crippen LogP contribution in [-0.2, 0) is 14.3 Å². The lowest BCUT2D eigenvalue weighted by Crippen LogP contribution is -2.43. The van der Waals surface area contributed by atoms with Crippen molar-refractivity contribution in [3.05, 3.63) is 0 Å². The van der Waals surface area contributed by atoms with Gasteiger partial charge in [-0.05, 0) is 18.8 Å². The number of primary amides is 1. The molecule has 3 amide bonds. The first-order valence-corrected chi connectivity index (χ1v) is 5.45. The maximum absolute atomic E-state index is 11.2. The van der Waals surface area contributed by atoms with Gasteiger partial charge in [0.05, 0.1) is 7.11 Å². The number of hydrogen-bond donors (Lipinski definition) is 2. The molecular formula is C10H17N3O4. The number of methoxy groups -OCH3 is 1. The predicted octanol–water partition coefficient (Wildman–Crippen LogP) is -0.934. The summed E-state index contributed by atoms with van der Waals surface area (Å²) >= 11 is 0. The number of nitrogens with one attached hydrogen (secondary N) is 1. The molecule has 7 nitrogen and oxygen atoms in total. The lowest BCUT2D eigenvalue weighted by Gasteiger charge is -2.30. The van der Waals surface area contributed by atoms with Crippen LogP contribution >= 0.6 is 0 Å². The van der Waals surface area contributed by atoms with Crippen LogP contribution in [0.5, 0.6) is 0 Å². The molecule has 1 fully saturated rings. The van der Waals surface area contributed by atoms with Gasteiger partial charge in [-0.25, -0.2) is 4.79 Å². The van der Waals surface area contributed by atoms with Gasteiger partial charge in [0.15, 0.2) is 0 Å². The number of ether oxygens (including phenoxy) is 1. The molecule has 0 aromatic heterocycles. The van der Waals surface area contributed by atoms with Crippen molar-refractivity contribution in [1.29, 1.82) is 0 Å². The van der Waals surface area contributed by atoms with Crippen molar-refractivity contribution in [2.24, 2.45) is 11.7 Å². The van der Waals surface area contributed by atoms with E-state index >= 15 is 0 Å². The topological polar surface area (TPSA) is 102 Å². The van der Waals surface area contributed by atoms with Gasteiger partial charge in [-0.15, -0.1) is 0 Å². The van der Waals surface area contributed by atoms with Gasteiger partial charge in [0.25, 0.3) is 0 Å². The van der Waals surface area contributed by atoms with Crippen LogP contribution < -0.4 is 11.1 Å². The summed E-state index contributed by atoms with van der Waals surface area (Å²) in [6, 6.07) is 0. The lowest BCUT2D eigenvalue weighted by atomic mass is 9.97. The van der Waals surface area contributed by atoms with Crippen LogP contribution in [0.15, 0.2) is 0 Å². The Labute approximate surface area is 99.3 Å². The van der Waals surface area contributed by atoms with Gasteiger partial charge in [0, 0.05) is 19.6 Å². The quantitative estimate of drug-likeness (QED) is 0.611. The fourth-order valence-electron chi connectivity index (χ4n) is 1.77. The summed E-state index contributed by atoms with van der Waals surface area (Å²) in [4.78, 5) is 34.2. The molecule has 1 aliphatic rings. The van der Waals surface area contributed by atoms with Crippen LogP contribution in [0.1, 0.15) is 12.8 Å². The summed E-state index contributed by atoms with van der Waals surface area (Å²) in [7, 11) is 1.35. The summed E-state index contributed by atoms with van der Waals surface area (Å²) in [5, 5.41) is 2.46. The molecule has 3 N–H and O–H groups in total. The summed E-state index contributed by atoms with van der Waals surface area (Å²) in [6.07, 6.45) is 1.21. The van der Waals surface area contributed by atoms with Gasteiger partial charge >= 0.3 is 17.9 Å². The van der Waals surface area contributed by atoms with Gasteiger partial charge in [-0.1, -0.05) is 0 Å². The zero-order chi connectivity index (χ0) is 12.8. The molecule has 0 bridgehead atoms. The third-order valence-corrected chi connectivity index (χ3v) is 2.82. The van der Waals surface area contributed by atoms with Crippen molar-refractivity contribution >= 4 is 17.9 Å². The highest BCUT2D eigenvalue weighted by molar-refractivity contribution is 6.34. The van der Waals surface area contributed by atoms with Crippen LogP contribution in [0.2, 0.25) is 0 Å². The van der Waals surface area contributed by atoms with Crippen molar-refractivity contribution in [1.82, 2.24) is 10.2 Å². The zero-order valence-electron chi connectivity index (χ0n) is 9.77. The summed E-state index contributed by atoms with van der Waals surface area (Å²) in [5.41, 5.74) is 4.81. The largest absolute Gasteiger partial charge is 0.453 e. The van der Waals surface area contributed by atoms with Crippen LogP contribution in [0.3, 0.4) is 0 Å². The number of nitrogens with two attached hydrogens (primary N) is 1. The molecule has 7 heteroatoms. The number of carbonyl (C=O) groups excluding carboxylic acids is 3. The summed E-state index contributed by atoms with van der Waals surface area (Å²) in [6.45, 7) is 1.62. The van der Waals surface area contributed by atoms with E-state index in [1.807, 2.05) is 0 Å². The normalized spacial score (nSPS) is 16.4. The first kappa shape index (κ1) is 13.3. The smallest absolute Gasteiger partial charge is 0.409 e. The highest BCUT2D eigenvalue weighted by Gasteiger charge is 2.23. The summed E-state index contributed by atoms with van der Waals surface area (Å²) in [5.74, 6) is -1.48.